The van der Waals surface area contributed by atoms with E-state index < -0.39 is 34.8 Å². The summed E-state index contributed by atoms with van der Waals surface area (Å²) in [5, 5.41) is 9.57. The number of aliphatic carboxylic acids is 1. The van der Waals surface area contributed by atoms with Gasteiger partial charge in [0.2, 0.25) is 0 Å². The third kappa shape index (κ3) is 3.60. The number of carboxylic acids is 1. The standard InChI is InChI=1S/C18H17F2NO4/c1-18(16(22)23,13-9-6-10-14(19)15(13)20)21(2)17(24)25-11-12-7-4-3-5-8-12/h3-10H,11H2,1-2H3,(H,22,23). The molecule has 2 aromatic rings. The Balaban J connectivity index is 2.28. The highest BCUT2D eigenvalue weighted by Crippen LogP contribution is 2.31. The Labute approximate surface area is 143 Å². The molecule has 0 saturated carbocycles. The van der Waals surface area contributed by atoms with Crippen LogP contribution in [0.3, 0.4) is 0 Å². The smallest absolute Gasteiger partial charge is 0.411 e. The lowest BCUT2D eigenvalue weighted by Gasteiger charge is -2.34. The lowest BCUT2D eigenvalue weighted by molar-refractivity contribution is -0.149. The number of benzene rings is 2. The summed E-state index contributed by atoms with van der Waals surface area (Å²) in [5.41, 5.74) is -1.91. The molecule has 1 N–H and O–H groups in total. The molecule has 0 radical (unpaired) electrons. The van der Waals surface area contributed by atoms with Crippen molar-refractivity contribution in [3.63, 3.8) is 0 Å². The van der Waals surface area contributed by atoms with Crippen molar-refractivity contribution in [2.45, 2.75) is 19.1 Å². The fourth-order valence-electron chi connectivity index (χ4n) is 2.32. The van der Waals surface area contributed by atoms with Crippen LogP contribution in [0.25, 0.3) is 0 Å². The third-order valence-electron chi connectivity index (χ3n) is 4.04. The van der Waals surface area contributed by atoms with Crippen LogP contribution in [0.15, 0.2) is 48.5 Å². The first-order chi connectivity index (χ1) is 11.8. The van der Waals surface area contributed by atoms with Crippen molar-refractivity contribution in [3.8, 4) is 0 Å². The molecule has 7 heteroatoms. The number of rotatable bonds is 5. The predicted octanol–water partition coefficient (Wildman–Crippen LogP) is 3.53. The molecule has 1 atom stereocenters. The van der Waals surface area contributed by atoms with Gasteiger partial charge in [-0.2, -0.15) is 0 Å². The number of nitrogens with zero attached hydrogens (tertiary/aromatic N) is 1. The zero-order valence-electron chi connectivity index (χ0n) is 13.7. The molecule has 2 aromatic carbocycles. The minimum absolute atomic E-state index is 0.0780. The summed E-state index contributed by atoms with van der Waals surface area (Å²) in [4.78, 5) is 24.8. The summed E-state index contributed by atoms with van der Waals surface area (Å²) in [5.74, 6) is -4.04. The first kappa shape index (κ1) is 18.4. The van der Waals surface area contributed by atoms with Crippen molar-refractivity contribution in [1.29, 1.82) is 0 Å². The summed E-state index contributed by atoms with van der Waals surface area (Å²) in [6.45, 7) is 1.03. The summed E-state index contributed by atoms with van der Waals surface area (Å²) in [6.07, 6.45) is -0.975. The quantitative estimate of drug-likeness (QED) is 0.897. The van der Waals surface area contributed by atoms with Crippen LogP contribution in [-0.2, 0) is 21.7 Å². The number of hydrogen-bond acceptors (Lipinski definition) is 3. The Morgan fingerprint density at radius 3 is 2.36 bits per heavy atom. The van der Waals surface area contributed by atoms with Crippen molar-refractivity contribution < 1.29 is 28.2 Å². The maximum atomic E-state index is 14.1. The molecule has 0 aliphatic heterocycles. The normalized spacial score (nSPS) is 13.0. The lowest BCUT2D eigenvalue weighted by Crippen LogP contribution is -2.51. The summed E-state index contributed by atoms with van der Waals surface area (Å²) < 4.78 is 32.7. The summed E-state index contributed by atoms with van der Waals surface area (Å²) >= 11 is 0. The molecule has 1 unspecified atom stereocenters. The SMILES string of the molecule is CN(C(=O)OCc1ccccc1)C(C)(C(=O)O)c1cccc(F)c1F. The van der Waals surface area contributed by atoms with Gasteiger partial charge in [-0.25, -0.2) is 18.4 Å². The molecule has 25 heavy (non-hydrogen) atoms. The molecule has 0 spiro atoms. The molecule has 0 aromatic heterocycles. The Kier molecular flexibility index (Phi) is 5.36. The molecule has 0 fully saturated rings. The number of carbonyl (C=O) groups is 2. The average molecular weight is 349 g/mol. The highest BCUT2D eigenvalue weighted by atomic mass is 19.2. The second-order valence-electron chi connectivity index (χ2n) is 5.58. The third-order valence-corrected chi connectivity index (χ3v) is 4.04. The number of ether oxygens (including phenoxy) is 1. The summed E-state index contributed by atoms with van der Waals surface area (Å²) in [7, 11) is 1.16. The van der Waals surface area contributed by atoms with Crippen LogP contribution in [0.1, 0.15) is 18.1 Å². The van der Waals surface area contributed by atoms with Crippen molar-refractivity contribution in [1.82, 2.24) is 4.90 Å². The van der Waals surface area contributed by atoms with E-state index in [4.69, 9.17) is 4.74 Å². The fraction of sp³-hybridized carbons (Fsp3) is 0.222. The van der Waals surface area contributed by atoms with E-state index in [0.29, 0.717) is 5.56 Å². The predicted molar refractivity (Wildman–Crippen MR) is 85.7 cm³/mol. The monoisotopic (exact) mass is 349 g/mol. The zero-order chi connectivity index (χ0) is 18.6. The van der Waals surface area contributed by atoms with Gasteiger partial charge >= 0.3 is 12.1 Å². The van der Waals surface area contributed by atoms with E-state index in [-0.39, 0.29) is 6.61 Å². The van der Waals surface area contributed by atoms with Gasteiger partial charge in [-0.1, -0.05) is 42.5 Å². The van der Waals surface area contributed by atoms with E-state index in [0.717, 1.165) is 31.0 Å². The molecule has 0 aliphatic carbocycles. The molecule has 0 aliphatic rings. The van der Waals surface area contributed by atoms with Gasteiger partial charge < -0.3 is 9.84 Å². The first-order valence-electron chi connectivity index (χ1n) is 7.41. The molecule has 0 bridgehead atoms. The van der Waals surface area contributed by atoms with Gasteiger partial charge in [0.05, 0.1) is 0 Å². The van der Waals surface area contributed by atoms with E-state index >= 15 is 0 Å². The van der Waals surface area contributed by atoms with Crippen molar-refractivity contribution in [2.75, 3.05) is 7.05 Å². The van der Waals surface area contributed by atoms with Crippen molar-refractivity contribution in [3.05, 3.63) is 71.3 Å². The second kappa shape index (κ2) is 7.29. The minimum Gasteiger partial charge on any atom is -0.479 e. The van der Waals surface area contributed by atoms with Gasteiger partial charge in [0.15, 0.2) is 17.2 Å². The molecule has 5 nitrogen and oxygen atoms in total. The zero-order valence-corrected chi connectivity index (χ0v) is 13.7. The molecule has 1 amide bonds. The number of carbonyl (C=O) groups excluding carboxylic acids is 1. The average Bonchev–Trinajstić information content (AvgIpc) is 2.61. The van der Waals surface area contributed by atoms with E-state index in [1.807, 2.05) is 0 Å². The largest absolute Gasteiger partial charge is 0.479 e. The number of amides is 1. The van der Waals surface area contributed by atoms with Gasteiger partial charge in [-0.05, 0) is 18.6 Å². The van der Waals surface area contributed by atoms with Crippen LogP contribution in [0, 0.1) is 11.6 Å². The van der Waals surface area contributed by atoms with Gasteiger partial charge in [0.1, 0.15) is 6.61 Å². The minimum atomic E-state index is -2.14. The van der Waals surface area contributed by atoms with Crippen LogP contribution < -0.4 is 0 Å². The van der Waals surface area contributed by atoms with Crippen LogP contribution in [0.4, 0.5) is 13.6 Å². The fourth-order valence-corrected chi connectivity index (χ4v) is 2.32. The van der Waals surface area contributed by atoms with Crippen LogP contribution in [0.5, 0.6) is 0 Å². The topological polar surface area (TPSA) is 66.8 Å². The van der Waals surface area contributed by atoms with Crippen LogP contribution in [-0.4, -0.2) is 29.1 Å². The van der Waals surface area contributed by atoms with Crippen LogP contribution >= 0.6 is 0 Å². The Bertz CT molecular complexity index is 782. The van der Waals surface area contributed by atoms with Gasteiger partial charge in [0.25, 0.3) is 0 Å². The van der Waals surface area contributed by atoms with Gasteiger partial charge in [-0.15, -0.1) is 0 Å². The molecular weight excluding hydrogens is 332 g/mol. The first-order valence-corrected chi connectivity index (χ1v) is 7.41. The highest BCUT2D eigenvalue weighted by molar-refractivity contribution is 5.85. The second-order valence-corrected chi connectivity index (χ2v) is 5.58. The Morgan fingerprint density at radius 2 is 1.76 bits per heavy atom. The van der Waals surface area contributed by atoms with E-state index in [2.05, 4.69) is 0 Å². The van der Waals surface area contributed by atoms with Gasteiger partial charge in [-0.3, -0.25) is 4.90 Å². The van der Waals surface area contributed by atoms with Crippen molar-refractivity contribution >= 4 is 12.1 Å². The van der Waals surface area contributed by atoms with Gasteiger partial charge in [0, 0.05) is 12.6 Å². The van der Waals surface area contributed by atoms with E-state index in [9.17, 15) is 23.5 Å². The molecule has 0 saturated heterocycles. The molecular formula is C18H17F2NO4. The van der Waals surface area contributed by atoms with E-state index in [1.54, 1.807) is 30.3 Å². The molecule has 132 valence electrons. The van der Waals surface area contributed by atoms with Crippen LogP contribution in [0.2, 0.25) is 0 Å². The maximum Gasteiger partial charge on any atom is 0.411 e. The summed E-state index contributed by atoms with van der Waals surface area (Å²) in [6, 6.07) is 11.9. The number of hydrogen-bond donors (Lipinski definition) is 1. The Hall–Kier alpha value is -2.96. The molecule has 0 heterocycles. The highest BCUT2D eigenvalue weighted by Gasteiger charge is 2.45. The van der Waals surface area contributed by atoms with Crippen molar-refractivity contribution in [2.24, 2.45) is 0 Å². The molecule has 2 rings (SSSR count). The number of halogens is 2. The number of likely N-dealkylation sites (N-methyl/N-ethyl adjacent to an activating group) is 1. The van der Waals surface area contributed by atoms with E-state index in [1.165, 1.54) is 6.07 Å². The number of carboxylic acid groups (broad SMARTS) is 1. The Morgan fingerprint density at radius 1 is 1.12 bits per heavy atom. The lowest BCUT2D eigenvalue weighted by atomic mass is 9.90. The maximum absolute atomic E-state index is 14.1.